The minimum absolute atomic E-state index is 0.144. The number of morpholine rings is 1. The fraction of sp³-hybridized carbons (Fsp3) is 0.381. The summed E-state index contributed by atoms with van der Waals surface area (Å²) < 4.78 is 37.7. The van der Waals surface area contributed by atoms with Gasteiger partial charge in [-0.15, -0.1) is 0 Å². The molecule has 1 aliphatic heterocycles. The van der Waals surface area contributed by atoms with E-state index in [0.29, 0.717) is 44.2 Å². The molecule has 1 aliphatic rings. The number of nitrogens with one attached hydrogen (secondary N) is 2. The predicted molar refractivity (Wildman–Crippen MR) is 116 cm³/mol. The van der Waals surface area contributed by atoms with Gasteiger partial charge in [-0.2, -0.15) is 4.31 Å². The fourth-order valence-corrected chi connectivity index (χ4v) is 4.63. The summed E-state index contributed by atoms with van der Waals surface area (Å²) in [6, 6.07) is 12.0. The van der Waals surface area contributed by atoms with Crippen molar-refractivity contribution in [3.8, 4) is 5.75 Å². The van der Waals surface area contributed by atoms with Crippen LogP contribution in [0.5, 0.6) is 5.75 Å². The van der Waals surface area contributed by atoms with Gasteiger partial charge in [-0.1, -0.05) is 12.1 Å². The van der Waals surface area contributed by atoms with E-state index in [1.54, 1.807) is 31.4 Å². The number of benzene rings is 2. The lowest BCUT2D eigenvalue weighted by molar-refractivity contribution is -0.115. The zero-order valence-electron chi connectivity index (χ0n) is 17.2. The van der Waals surface area contributed by atoms with Gasteiger partial charge in [0.05, 0.1) is 43.0 Å². The van der Waals surface area contributed by atoms with Crippen LogP contribution < -0.4 is 15.4 Å². The summed E-state index contributed by atoms with van der Waals surface area (Å²) in [7, 11) is -2.07. The van der Waals surface area contributed by atoms with Crippen LogP contribution in [-0.4, -0.2) is 58.6 Å². The van der Waals surface area contributed by atoms with Crippen molar-refractivity contribution in [2.75, 3.05) is 50.6 Å². The van der Waals surface area contributed by atoms with E-state index in [9.17, 15) is 13.2 Å². The number of rotatable bonds is 8. The molecule has 1 saturated heterocycles. The van der Waals surface area contributed by atoms with Gasteiger partial charge >= 0.3 is 0 Å². The van der Waals surface area contributed by atoms with E-state index in [1.165, 1.54) is 10.4 Å². The van der Waals surface area contributed by atoms with Crippen LogP contribution >= 0.6 is 0 Å². The second-order valence-corrected chi connectivity index (χ2v) is 8.77. The molecule has 1 fully saturated rings. The smallest absolute Gasteiger partial charge is 0.243 e. The largest absolute Gasteiger partial charge is 0.497 e. The Morgan fingerprint density at radius 3 is 2.43 bits per heavy atom. The first-order valence-electron chi connectivity index (χ1n) is 9.82. The average Bonchev–Trinajstić information content (AvgIpc) is 2.76. The van der Waals surface area contributed by atoms with Gasteiger partial charge in [-0.05, 0) is 42.8 Å². The Balaban J connectivity index is 1.80. The summed E-state index contributed by atoms with van der Waals surface area (Å²) in [5, 5.41) is 6.01. The van der Waals surface area contributed by atoms with E-state index >= 15 is 0 Å². The van der Waals surface area contributed by atoms with E-state index in [2.05, 4.69) is 10.6 Å². The predicted octanol–water partition coefficient (Wildman–Crippen LogP) is 2.33. The number of sulfonamides is 1. The highest BCUT2D eigenvalue weighted by molar-refractivity contribution is 7.89. The van der Waals surface area contributed by atoms with Crippen LogP contribution in [0.25, 0.3) is 0 Å². The van der Waals surface area contributed by atoms with Crippen molar-refractivity contribution in [2.45, 2.75) is 18.2 Å². The molecule has 0 aliphatic carbocycles. The van der Waals surface area contributed by atoms with Crippen molar-refractivity contribution in [1.29, 1.82) is 0 Å². The van der Waals surface area contributed by atoms with Crippen molar-refractivity contribution in [3.63, 3.8) is 0 Å². The molecular formula is C21H27N3O5S. The normalized spacial score (nSPS) is 14.9. The van der Waals surface area contributed by atoms with Crippen molar-refractivity contribution < 1.29 is 22.7 Å². The van der Waals surface area contributed by atoms with Gasteiger partial charge < -0.3 is 20.1 Å². The highest BCUT2D eigenvalue weighted by Crippen LogP contribution is 2.28. The van der Waals surface area contributed by atoms with Gasteiger partial charge in [-0.25, -0.2) is 8.42 Å². The number of carbonyl (C=O) groups excluding carboxylic acids is 1. The number of nitrogens with zero attached hydrogens (tertiary/aromatic N) is 1. The molecule has 3 rings (SSSR count). The summed E-state index contributed by atoms with van der Waals surface area (Å²) >= 11 is 0. The Kier molecular flexibility index (Phi) is 7.30. The maximum atomic E-state index is 13.0. The van der Waals surface area contributed by atoms with Crippen molar-refractivity contribution in [2.24, 2.45) is 0 Å². The topological polar surface area (TPSA) is 97.0 Å². The number of ether oxygens (including phenoxy) is 2. The molecule has 0 aromatic heterocycles. The van der Waals surface area contributed by atoms with E-state index in [1.807, 2.05) is 19.1 Å². The van der Waals surface area contributed by atoms with Crippen LogP contribution in [0.1, 0.15) is 12.5 Å². The number of hydrogen-bond acceptors (Lipinski definition) is 6. The van der Waals surface area contributed by atoms with E-state index in [0.717, 1.165) is 11.3 Å². The third-order valence-electron chi connectivity index (χ3n) is 4.76. The molecule has 30 heavy (non-hydrogen) atoms. The standard InChI is InChI=1S/C21H27N3O5S/c1-3-22-19-9-8-18(30(26,27)24-10-12-29-13-11-24)15-20(19)23-21(25)14-16-4-6-17(28-2)7-5-16/h4-9,15,22H,3,10-14H2,1-2H3,(H,23,25). The molecule has 2 aromatic rings. The average molecular weight is 434 g/mol. The molecule has 8 nitrogen and oxygen atoms in total. The van der Waals surface area contributed by atoms with Gasteiger partial charge in [0.15, 0.2) is 0 Å². The van der Waals surface area contributed by atoms with Gasteiger partial charge in [0.1, 0.15) is 5.75 Å². The maximum absolute atomic E-state index is 13.0. The SMILES string of the molecule is CCNc1ccc(S(=O)(=O)N2CCOCC2)cc1NC(=O)Cc1ccc(OC)cc1. The Morgan fingerprint density at radius 2 is 1.80 bits per heavy atom. The van der Waals surface area contributed by atoms with Crippen LogP contribution in [0.2, 0.25) is 0 Å². The summed E-state index contributed by atoms with van der Waals surface area (Å²) in [5.41, 5.74) is 1.93. The quantitative estimate of drug-likeness (QED) is 0.663. The molecular weight excluding hydrogens is 406 g/mol. The molecule has 2 aromatic carbocycles. The van der Waals surface area contributed by atoms with Crippen LogP contribution in [0.4, 0.5) is 11.4 Å². The van der Waals surface area contributed by atoms with Gasteiger partial charge in [-0.3, -0.25) is 4.79 Å². The molecule has 162 valence electrons. The second kappa shape index (κ2) is 9.92. The number of methoxy groups -OCH3 is 1. The molecule has 0 spiro atoms. The number of hydrogen-bond donors (Lipinski definition) is 2. The van der Waals surface area contributed by atoms with Crippen LogP contribution in [0, 0.1) is 0 Å². The molecule has 9 heteroatoms. The van der Waals surface area contributed by atoms with Crippen LogP contribution in [0.15, 0.2) is 47.4 Å². The van der Waals surface area contributed by atoms with Crippen LogP contribution in [0.3, 0.4) is 0 Å². The van der Waals surface area contributed by atoms with Crippen molar-refractivity contribution in [3.05, 3.63) is 48.0 Å². The second-order valence-electron chi connectivity index (χ2n) is 6.83. The lowest BCUT2D eigenvalue weighted by atomic mass is 10.1. The molecule has 1 amide bonds. The van der Waals surface area contributed by atoms with E-state index < -0.39 is 10.0 Å². The van der Waals surface area contributed by atoms with Crippen molar-refractivity contribution in [1.82, 2.24) is 4.31 Å². The summed E-state index contributed by atoms with van der Waals surface area (Å²) in [4.78, 5) is 12.8. The van der Waals surface area contributed by atoms with Gasteiger partial charge in [0.2, 0.25) is 15.9 Å². The van der Waals surface area contributed by atoms with Gasteiger partial charge in [0.25, 0.3) is 0 Å². The minimum atomic E-state index is -3.66. The number of amides is 1. The molecule has 0 unspecified atom stereocenters. The number of anilines is 2. The lowest BCUT2D eigenvalue weighted by Crippen LogP contribution is -2.40. The highest BCUT2D eigenvalue weighted by Gasteiger charge is 2.27. The van der Waals surface area contributed by atoms with Crippen molar-refractivity contribution >= 4 is 27.3 Å². The third kappa shape index (κ3) is 5.29. The Labute approximate surface area is 177 Å². The lowest BCUT2D eigenvalue weighted by Gasteiger charge is -2.26. The summed E-state index contributed by atoms with van der Waals surface area (Å²) in [5.74, 6) is 0.481. The van der Waals surface area contributed by atoms with Gasteiger partial charge in [0, 0.05) is 19.6 Å². The zero-order valence-corrected chi connectivity index (χ0v) is 18.0. The van der Waals surface area contributed by atoms with E-state index in [-0.39, 0.29) is 17.2 Å². The zero-order chi connectivity index (χ0) is 21.6. The first kappa shape index (κ1) is 22.1. The molecule has 0 atom stereocenters. The molecule has 0 radical (unpaired) electrons. The molecule has 0 saturated carbocycles. The van der Waals surface area contributed by atoms with E-state index in [4.69, 9.17) is 9.47 Å². The van der Waals surface area contributed by atoms with Crippen LogP contribution in [-0.2, 0) is 26.0 Å². The Hall–Kier alpha value is -2.62. The monoisotopic (exact) mass is 433 g/mol. The Morgan fingerprint density at radius 1 is 1.10 bits per heavy atom. The highest BCUT2D eigenvalue weighted by atomic mass is 32.2. The maximum Gasteiger partial charge on any atom is 0.243 e. The molecule has 2 N–H and O–H groups in total. The molecule has 0 bridgehead atoms. The number of carbonyl (C=O) groups is 1. The summed E-state index contributed by atoms with van der Waals surface area (Å²) in [6.07, 6.45) is 0.163. The third-order valence-corrected chi connectivity index (χ3v) is 6.66. The molecule has 1 heterocycles. The minimum Gasteiger partial charge on any atom is -0.497 e. The first-order valence-corrected chi connectivity index (χ1v) is 11.3. The Bertz CT molecular complexity index is 971. The first-order chi connectivity index (χ1) is 14.4. The fourth-order valence-electron chi connectivity index (χ4n) is 3.19. The summed E-state index contributed by atoms with van der Waals surface area (Å²) in [6.45, 7) is 3.95.